The van der Waals surface area contributed by atoms with E-state index in [2.05, 4.69) is 16.4 Å². The SMILES string of the molecule is Cc1ccc(C#N)c(NCC2(O)CCC2)n1. The van der Waals surface area contributed by atoms with Crippen LogP contribution in [0.1, 0.15) is 30.5 Å². The van der Waals surface area contributed by atoms with Gasteiger partial charge < -0.3 is 10.4 Å². The van der Waals surface area contributed by atoms with E-state index in [1.165, 1.54) is 0 Å². The van der Waals surface area contributed by atoms with Crippen LogP contribution in [0.25, 0.3) is 0 Å². The molecule has 0 spiro atoms. The molecule has 0 aliphatic heterocycles. The number of aromatic nitrogens is 1. The third-order valence-corrected chi connectivity index (χ3v) is 3.02. The second kappa shape index (κ2) is 4.11. The van der Waals surface area contributed by atoms with Gasteiger partial charge in [0, 0.05) is 12.2 Å². The molecule has 16 heavy (non-hydrogen) atoms. The van der Waals surface area contributed by atoms with E-state index >= 15 is 0 Å². The maximum absolute atomic E-state index is 9.93. The fraction of sp³-hybridized carbons (Fsp3) is 0.500. The monoisotopic (exact) mass is 217 g/mol. The molecule has 0 amide bonds. The summed E-state index contributed by atoms with van der Waals surface area (Å²) in [6.45, 7) is 2.35. The van der Waals surface area contributed by atoms with Crippen molar-refractivity contribution in [1.29, 1.82) is 5.26 Å². The van der Waals surface area contributed by atoms with E-state index in [-0.39, 0.29) is 0 Å². The fourth-order valence-electron chi connectivity index (χ4n) is 1.79. The van der Waals surface area contributed by atoms with Crippen LogP contribution in [0.3, 0.4) is 0 Å². The Morgan fingerprint density at radius 1 is 1.56 bits per heavy atom. The molecule has 1 aliphatic carbocycles. The van der Waals surface area contributed by atoms with Crippen LogP contribution in [-0.4, -0.2) is 22.2 Å². The number of rotatable bonds is 3. The van der Waals surface area contributed by atoms with Crippen LogP contribution in [0.5, 0.6) is 0 Å². The lowest BCUT2D eigenvalue weighted by Gasteiger charge is -2.36. The van der Waals surface area contributed by atoms with Gasteiger partial charge in [-0.25, -0.2) is 4.98 Å². The number of hydrogen-bond acceptors (Lipinski definition) is 4. The van der Waals surface area contributed by atoms with Crippen molar-refractivity contribution in [2.24, 2.45) is 0 Å². The first kappa shape index (κ1) is 10.9. The first-order chi connectivity index (χ1) is 7.63. The molecule has 1 aromatic rings. The molecule has 1 saturated carbocycles. The van der Waals surface area contributed by atoms with Gasteiger partial charge in [0.2, 0.25) is 0 Å². The molecule has 4 heteroatoms. The quantitative estimate of drug-likeness (QED) is 0.806. The lowest BCUT2D eigenvalue weighted by atomic mass is 9.80. The number of pyridine rings is 1. The summed E-state index contributed by atoms with van der Waals surface area (Å²) < 4.78 is 0. The zero-order chi connectivity index (χ0) is 11.6. The van der Waals surface area contributed by atoms with E-state index in [1.807, 2.05) is 13.0 Å². The summed E-state index contributed by atoms with van der Waals surface area (Å²) in [4.78, 5) is 4.26. The molecule has 1 aliphatic rings. The van der Waals surface area contributed by atoms with Gasteiger partial charge in [-0.3, -0.25) is 0 Å². The first-order valence-electron chi connectivity index (χ1n) is 5.47. The van der Waals surface area contributed by atoms with Crippen molar-refractivity contribution < 1.29 is 5.11 Å². The average molecular weight is 217 g/mol. The van der Waals surface area contributed by atoms with E-state index in [0.717, 1.165) is 25.0 Å². The maximum atomic E-state index is 9.93. The van der Waals surface area contributed by atoms with Crippen molar-refractivity contribution >= 4 is 5.82 Å². The van der Waals surface area contributed by atoms with Crippen LogP contribution in [-0.2, 0) is 0 Å². The van der Waals surface area contributed by atoms with Gasteiger partial charge in [0.25, 0.3) is 0 Å². The Morgan fingerprint density at radius 3 is 2.88 bits per heavy atom. The highest BCUT2D eigenvalue weighted by molar-refractivity contribution is 5.52. The van der Waals surface area contributed by atoms with Gasteiger partial charge in [-0.15, -0.1) is 0 Å². The lowest BCUT2D eigenvalue weighted by Crippen LogP contribution is -2.43. The van der Waals surface area contributed by atoms with E-state index in [4.69, 9.17) is 5.26 Å². The molecule has 0 atom stereocenters. The highest BCUT2D eigenvalue weighted by atomic mass is 16.3. The smallest absolute Gasteiger partial charge is 0.144 e. The third-order valence-electron chi connectivity index (χ3n) is 3.02. The number of hydrogen-bond donors (Lipinski definition) is 2. The largest absolute Gasteiger partial charge is 0.388 e. The van der Waals surface area contributed by atoms with Gasteiger partial charge in [0.1, 0.15) is 11.9 Å². The molecular weight excluding hydrogens is 202 g/mol. The van der Waals surface area contributed by atoms with Crippen LogP contribution < -0.4 is 5.32 Å². The van der Waals surface area contributed by atoms with Crippen molar-refractivity contribution in [3.05, 3.63) is 23.4 Å². The number of aryl methyl sites for hydroxylation is 1. The minimum atomic E-state index is -0.599. The van der Waals surface area contributed by atoms with Crippen molar-refractivity contribution in [1.82, 2.24) is 4.98 Å². The van der Waals surface area contributed by atoms with E-state index in [1.54, 1.807) is 6.07 Å². The van der Waals surface area contributed by atoms with Crippen LogP contribution in [0.2, 0.25) is 0 Å². The molecule has 1 aromatic heterocycles. The standard InChI is InChI=1S/C12H15N3O/c1-9-3-4-10(7-13)11(15-9)14-8-12(16)5-2-6-12/h3-4,16H,2,5-6,8H2,1H3,(H,14,15). The zero-order valence-corrected chi connectivity index (χ0v) is 9.32. The van der Waals surface area contributed by atoms with Crippen LogP contribution >= 0.6 is 0 Å². The van der Waals surface area contributed by atoms with Gasteiger partial charge >= 0.3 is 0 Å². The van der Waals surface area contributed by atoms with E-state index in [0.29, 0.717) is 17.9 Å². The Kier molecular flexibility index (Phi) is 2.80. The predicted octanol–water partition coefficient (Wildman–Crippen LogP) is 1.59. The van der Waals surface area contributed by atoms with Crippen LogP contribution in [0.4, 0.5) is 5.82 Å². The highest BCUT2D eigenvalue weighted by Crippen LogP contribution is 2.31. The van der Waals surface area contributed by atoms with Gasteiger partial charge in [-0.2, -0.15) is 5.26 Å². The lowest BCUT2D eigenvalue weighted by molar-refractivity contribution is -0.0202. The Hall–Kier alpha value is -1.60. The van der Waals surface area contributed by atoms with Gasteiger partial charge in [-0.05, 0) is 38.3 Å². The highest BCUT2D eigenvalue weighted by Gasteiger charge is 2.34. The van der Waals surface area contributed by atoms with Gasteiger partial charge in [-0.1, -0.05) is 0 Å². The Bertz CT molecular complexity index is 432. The van der Waals surface area contributed by atoms with Crippen LogP contribution in [0.15, 0.2) is 12.1 Å². The van der Waals surface area contributed by atoms with Gasteiger partial charge in [0.05, 0.1) is 11.2 Å². The molecule has 4 nitrogen and oxygen atoms in total. The molecule has 2 N–H and O–H groups in total. The molecule has 1 heterocycles. The summed E-state index contributed by atoms with van der Waals surface area (Å²) in [5.74, 6) is 0.572. The van der Waals surface area contributed by atoms with E-state index < -0.39 is 5.60 Å². The number of nitrogens with zero attached hydrogens (tertiary/aromatic N) is 2. The predicted molar refractivity (Wildman–Crippen MR) is 61.0 cm³/mol. The average Bonchev–Trinajstić information content (AvgIpc) is 2.24. The molecule has 2 rings (SSSR count). The summed E-state index contributed by atoms with van der Waals surface area (Å²) in [5, 5.41) is 21.9. The zero-order valence-electron chi connectivity index (χ0n) is 9.32. The summed E-state index contributed by atoms with van der Waals surface area (Å²) >= 11 is 0. The second-order valence-corrected chi connectivity index (χ2v) is 4.39. The topological polar surface area (TPSA) is 68.9 Å². The van der Waals surface area contributed by atoms with Crippen LogP contribution in [0, 0.1) is 18.3 Å². The summed E-state index contributed by atoms with van der Waals surface area (Å²) in [5.41, 5.74) is 0.786. The van der Waals surface area contributed by atoms with E-state index in [9.17, 15) is 5.11 Å². The van der Waals surface area contributed by atoms with Crippen molar-refractivity contribution in [2.75, 3.05) is 11.9 Å². The third kappa shape index (κ3) is 2.15. The second-order valence-electron chi connectivity index (χ2n) is 4.39. The number of nitrogens with one attached hydrogen (secondary N) is 1. The minimum Gasteiger partial charge on any atom is -0.388 e. The molecule has 0 bridgehead atoms. The fourth-order valence-corrected chi connectivity index (χ4v) is 1.79. The molecule has 0 unspecified atom stereocenters. The maximum Gasteiger partial charge on any atom is 0.144 e. The van der Waals surface area contributed by atoms with Gasteiger partial charge in [0.15, 0.2) is 0 Å². The minimum absolute atomic E-state index is 0.470. The Morgan fingerprint density at radius 2 is 2.31 bits per heavy atom. The Labute approximate surface area is 94.9 Å². The summed E-state index contributed by atoms with van der Waals surface area (Å²) in [7, 11) is 0. The summed E-state index contributed by atoms with van der Waals surface area (Å²) in [6.07, 6.45) is 2.73. The number of anilines is 1. The normalized spacial score (nSPS) is 17.3. The molecule has 0 saturated heterocycles. The number of nitriles is 1. The first-order valence-corrected chi connectivity index (χ1v) is 5.47. The molecule has 1 fully saturated rings. The molecular formula is C12H15N3O. The summed E-state index contributed by atoms with van der Waals surface area (Å²) in [6, 6.07) is 5.64. The van der Waals surface area contributed by atoms with Crippen molar-refractivity contribution in [2.45, 2.75) is 31.8 Å². The Balaban J connectivity index is 2.08. The molecule has 0 radical (unpaired) electrons. The van der Waals surface area contributed by atoms with Crippen molar-refractivity contribution in [3.8, 4) is 6.07 Å². The molecule has 0 aromatic carbocycles. The number of aliphatic hydroxyl groups is 1. The van der Waals surface area contributed by atoms with Crippen molar-refractivity contribution in [3.63, 3.8) is 0 Å². The molecule has 84 valence electrons.